The summed E-state index contributed by atoms with van der Waals surface area (Å²) in [5.41, 5.74) is 4.77. The van der Waals surface area contributed by atoms with Crippen molar-refractivity contribution in [1.82, 2.24) is 30.4 Å². The number of carbonyl (C=O) groups is 4. The molecule has 4 fully saturated rings. The number of hydrogen-bond acceptors (Lipinski definition) is 10. The topological polar surface area (TPSA) is 177 Å². The van der Waals surface area contributed by atoms with E-state index in [4.69, 9.17) is 18.9 Å². The van der Waals surface area contributed by atoms with Crippen molar-refractivity contribution in [2.75, 3.05) is 53.7 Å². The molecule has 0 spiro atoms. The van der Waals surface area contributed by atoms with Gasteiger partial charge in [-0.1, -0.05) is 36.1 Å². The molecule has 6 heterocycles. The third-order valence-corrected chi connectivity index (χ3v) is 12.9. The van der Waals surface area contributed by atoms with E-state index in [0.29, 0.717) is 69.1 Å². The van der Waals surface area contributed by atoms with E-state index < -0.39 is 85.9 Å². The molecule has 15 nitrogen and oxygen atoms in total. The number of halogens is 4. The summed E-state index contributed by atoms with van der Waals surface area (Å²) in [6.07, 6.45) is 2.51. The number of imidazole rings is 1. The maximum Gasteiger partial charge on any atom is 0.407 e. The van der Waals surface area contributed by atoms with E-state index in [1.807, 2.05) is 48.5 Å². The van der Waals surface area contributed by atoms with Gasteiger partial charge in [-0.15, -0.1) is 0 Å². The highest BCUT2D eigenvalue weighted by atomic mass is 19.3. The molecular formula is C47H51F4N7O8. The Bertz CT molecular complexity index is 2400. The van der Waals surface area contributed by atoms with Gasteiger partial charge in [-0.05, 0) is 78.5 Å². The number of aromatic nitrogens is 2. The Morgan fingerprint density at radius 3 is 1.70 bits per heavy atom. The maximum absolute atomic E-state index is 15.0. The number of aromatic amines is 1. The van der Waals surface area contributed by atoms with E-state index in [0.717, 1.165) is 32.1 Å². The molecule has 2 aromatic carbocycles. The molecule has 3 N–H and O–H groups in total. The van der Waals surface area contributed by atoms with Crippen molar-refractivity contribution >= 4 is 35.3 Å². The minimum atomic E-state index is -3.17. The van der Waals surface area contributed by atoms with Gasteiger partial charge in [0.15, 0.2) is 0 Å². The van der Waals surface area contributed by atoms with Crippen LogP contribution in [-0.2, 0) is 28.5 Å². The van der Waals surface area contributed by atoms with E-state index in [9.17, 15) is 28.0 Å². The predicted molar refractivity (Wildman–Crippen MR) is 231 cm³/mol. The summed E-state index contributed by atoms with van der Waals surface area (Å²) >= 11 is 0. The number of aliphatic imine (C=N–C) groups is 1. The summed E-state index contributed by atoms with van der Waals surface area (Å²) in [5.74, 6) is -1.66. The average molecular weight is 918 g/mol. The standard InChI is InChI=1S/C47H51F4N7O8/c1-63-44(61)55-39(32-13-17-65-18-14-32)42(59)57-26-46(48,49)22-37(57)35-21-34(24-52-35)30-9-5-28(6-10-30)3-4-29-7-11-31(12-8-29)36-25-53-41(54-36)38-23-47(50,51)27-58(38)43(60)40(56-45(62)64-2)33-15-19-66-20-16-33/h5-12,24-25,32-33,37-40H,13-23,26-27H2,1-2H3,(H,53,54)(H,55,61)(H,56,62)/t37-,38-,39?,40?/m0/s1. The fourth-order valence-electron chi connectivity index (χ4n) is 9.35. The molecule has 5 aliphatic heterocycles. The van der Waals surface area contributed by atoms with Crippen molar-refractivity contribution in [2.24, 2.45) is 16.8 Å². The zero-order valence-electron chi connectivity index (χ0n) is 36.5. The lowest BCUT2D eigenvalue weighted by atomic mass is 9.90. The van der Waals surface area contributed by atoms with Crippen molar-refractivity contribution in [3.05, 3.63) is 83.4 Å². The SMILES string of the molecule is COC(=O)NC(C(=O)N1CC(F)(F)C[C@H]1C1=NC=C(c2ccc(C#Cc3ccc(-c4cnc([C@@H]5CC(F)(F)CN5C(=O)C(NC(=O)OC)C5CCOCC5)[nH]4)cc3)cc2)C1)C1CCOCC1. The Hall–Kier alpha value is -6.26. The van der Waals surface area contributed by atoms with Gasteiger partial charge in [0.2, 0.25) is 11.8 Å². The van der Waals surface area contributed by atoms with E-state index in [1.54, 1.807) is 6.20 Å². The number of allylic oxidation sites excluding steroid dienone is 1. The van der Waals surface area contributed by atoms with Crippen LogP contribution in [-0.4, -0.2) is 133 Å². The molecule has 4 amide bonds. The molecule has 1 aromatic heterocycles. The van der Waals surface area contributed by atoms with Gasteiger partial charge in [0.05, 0.1) is 51.3 Å². The van der Waals surface area contributed by atoms with Crippen molar-refractivity contribution in [2.45, 2.75) is 81.0 Å². The largest absolute Gasteiger partial charge is 0.453 e. The average Bonchev–Trinajstić information content (AvgIpc) is 4.15. The molecule has 4 atom stereocenters. The Kier molecular flexibility index (Phi) is 13.8. The number of likely N-dealkylation sites (tertiary alicyclic amines) is 2. The molecule has 350 valence electrons. The molecule has 66 heavy (non-hydrogen) atoms. The first-order valence-corrected chi connectivity index (χ1v) is 22.0. The number of benzene rings is 2. The number of rotatable bonds is 10. The Morgan fingerprint density at radius 2 is 1.20 bits per heavy atom. The summed E-state index contributed by atoms with van der Waals surface area (Å²) in [5, 5.41) is 5.16. The Balaban J connectivity index is 0.894. The van der Waals surface area contributed by atoms with Gasteiger partial charge in [-0.2, -0.15) is 0 Å². The number of amides is 4. The molecular weight excluding hydrogens is 867 g/mol. The lowest BCUT2D eigenvalue weighted by Crippen LogP contribution is -2.55. The number of ether oxygens (including phenoxy) is 4. The predicted octanol–water partition coefficient (Wildman–Crippen LogP) is 6.11. The van der Waals surface area contributed by atoms with Gasteiger partial charge in [0, 0.05) is 68.7 Å². The fraction of sp³-hybridized carbons (Fsp3) is 0.489. The van der Waals surface area contributed by atoms with Gasteiger partial charge in [0.1, 0.15) is 17.9 Å². The summed E-state index contributed by atoms with van der Waals surface area (Å²) in [6.45, 7) is -0.0396. The smallest absolute Gasteiger partial charge is 0.407 e. The summed E-state index contributed by atoms with van der Waals surface area (Å²) in [6, 6.07) is 10.6. The van der Waals surface area contributed by atoms with Crippen LogP contribution in [0.3, 0.4) is 0 Å². The monoisotopic (exact) mass is 917 g/mol. The van der Waals surface area contributed by atoms with Crippen LogP contribution >= 0.6 is 0 Å². The molecule has 19 heteroatoms. The number of H-pyrrole nitrogens is 1. The zero-order chi connectivity index (χ0) is 46.6. The lowest BCUT2D eigenvalue weighted by Gasteiger charge is -2.34. The van der Waals surface area contributed by atoms with Crippen LogP contribution in [0.2, 0.25) is 0 Å². The number of hydrogen-bond donors (Lipinski definition) is 3. The Labute approximate surface area is 378 Å². The first-order valence-electron chi connectivity index (χ1n) is 22.0. The summed E-state index contributed by atoms with van der Waals surface area (Å²) in [4.78, 5) is 66.5. The number of methoxy groups -OCH3 is 2. The first kappa shape index (κ1) is 46.3. The second kappa shape index (κ2) is 19.7. The van der Waals surface area contributed by atoms with Crippen LogP contribution in [0.5, 0.6) is 0 Å². The second-order valence-electron chi connectivity index (χ2n) is 17.2. The van der Waals surface area contributed by atoms with Gasteiger partial charge >= 0.3 is 12.2 Å². The van der Waals surface area contributed by atoms with Crippen LogP contribution in [0, 0.1) is 23.7 Å². The molecule has 4 saturated heterocycles. The van der Waals surface area contributed by atoms with Crippen LogP contribution in [0.4, 0.5) is 27.2 Å². The summed E-state index contributed by atoms with van der Waals surface area (Å²) in [7, 11) is 2.36. The zero-order valence-corrected chi connectivity index (χ0v) is 36.5. The molecule has 0 bridgehead atoms. The molecule has 0 radical (unpaired) electrons. The first-order chi connectivity index (χ1) is 31.7. The van der Waals surface area contributed by atoms with E-state index >= 15 is 8.78 Å². The fourth-order valence-corrected chi connectivity index (χ4v) is 9.35. The van der Waals surface area contributed by atoms with Crippen LogP contribution in [0.1, 0.15) is 73.5 Å². The highest BCUT2D eigenvalue weighted by molar-refractivity contribution is 6.04. The third-order valence-electron chi connectivity index (χ3n) is 12.9. The van der Waals surface area contributed by atoms with E-state index in [1.165, 1.54) is 20.4 Å². The minimum Gasteiger partial charge on any atom is -0.453 e. The van der Waals surface area contributed by atoms with Crippen molar-refractivity contribution in [1.29, 1.82) is 0 Å². The van der Waals surface area contributed by atoms with Crippen LogP contribution < -0.4 is 10.6 Å². The van der Waals surface area contributed by atoms with Crippen LogP contribution in [0.15, 0.2) is 65.9 Å². The highest BCUT2D eigenvalue weighted by Crippen LogP contribution is 2.42. The van der Waals surface area contributed by atoms with Crippen molar-refractivity contribution in [3.8, 4) is 23.1 Å². The molecule has 5 aliphatic rings. The second-order valence-corrected chi connectivity index (χ2v) is 17.2. The number of alkyl halides is 4. The Morgan fingerprint density at radius 1 is 0.727 bits per heavy atom. The van der Waals surface area contributed by atoms with Gasteiger partial charge in [-0.3, -0.25) is 14.6 Å². The quantitative estimate of drug-likeness (QED) is 0.160. The molecule has 8 rings (SSSR count). The normalized spacial score (nSPS) is 22.6. The maximum atomic E-state index is 15.0. The highest BCUT2D eigenvalue weighted by Gasteiger charge is 2.52. The van der Waals surface area contributed by atoms with Crippen LogP contribution in [0.25, 0.3) is 16.8 Å². The number of nitrogens with zero attached hydrogens (tertiary/aromatic N) is 4. The van der Waals surface area contributed by atoms with Gasteiger partial charge in [0.25, 0.3) is 11.8 Å². The molecule has 0 saturated carbocycles. The lowest BCUT2D eigenvalue weighted by molar-refractivity contribution is -0.138. The number of alkyl carbamates (subject to hydrolysis) is 2. The molecule has 3 aromatic rings. The van der Waals surface area contributed by atoms with Gasteiger partial charge < -0.3 is 44.4 Å². The van der Waals surface area contributed by atoms with Gasteiger partial charge in [-0.25, -0.2) is 32.1 Å². The molecule has 2 unspecified atom stereocenters. The minimum absolute atomic E-state index is 0.198. The van der Waals surface area contributed by atoms with E-state index in [2.05, 4.69) is 37.4 Å². The third kappa shape index (κ3) is 10.5. The molecule has 0 aliphatic carbocycles. The summed E-state index contributed by atoms with van der Waals surface area (Å²) < 4.78 is 80.3. The number of nitrogens with one attached hydrogen (secondary N) is 3. The van der Waals surface area contributed by atoms with Crippen molar-refractivity contribution in [3.63, 3.8) is 0 Å². The number of carbonyl (C=O) groups excluding carboxylic acids is 4. The van der Waals surface area contributed by atoms with E-state index in [-0.39, 0.29) is 24.1 Å². The van der Waals surface area contributed by atoms with Crippen molar-refractivity contribution < 1.29 is 55.7 Å².